The summed E-state index contributed by atoms with van der Waals surface area (Å²) in [5.74, 6) is 0.524. The summed E-state index contributed by atoms with van der Waals surface area (Å²) in [6.45, 7) is 0. The van der Waals surface area contributed by atoms with E-state index in [0.29, 0.717) is 17.5 Å². The summed E-state index contributed by atoms with van der Waals surface area (Å²) in [6.07, 6.45) is 2.73. The number of nitrogens with one attached hydrogen (secondary N) is 1. The van der Waals surface area contributed by atoms with Gasteiger partial charge < -0.3 is 5.32 Å². The Kier molecular flexibility index (Phi) is 3.35. The van der Waals surface area contributed by atoms with Crippen molar-refractivity contribution in [3.05, 3.63) is 53.0 Å². The fourth-order valence-electron chi connectivity index (χ4n) is 2.56. The number of amides is 1. The molecule has 1 saturated carbocycles. The van der Waals surface area contributed by atoms with Gasteiger partial charge >= 0.3 is 0 Å². The Hall–Kier alpha value is -2.27. The number of hydrogen-bond acceptors (Lipinski definition) is 4. The van der Waals surface area contributed by atoms with E-state index in [2.05, 4.69) is 27.6 Å². The molecule has 1 aliphatic rings. The molecule has 110 valence electrons. The van der Waals surface area contributed by atoms with E-state index in [1.54, 1.807) is 0 Å². The van der Waals surface area contributed by atoms with Gasteiger partial charge in [-0.3, -0.25) is 4.79 Å². The molecule has 0 spiro atoms. The first kappa shape index (κ1) is 13.4. The lowest BCUT2D eigenvalue weighted by Gasteiger charge is -2.06. The molecular formula is C17H15N3OS. The summed E-state index contributed by atoms with van der Waals surface area (Å²) in [6, 6.07) is 14.2. The van der Waals surface area contributed by atoms with E-state index in [0.717, 1.165) is 21.3 Å². The van der Waals surface area contributed by atoms with Gasteiger partial charge in [-0.25, -0.2) is 0 Å². The van der Waals surface area contributed by atoms with Crippen LogP contribution in [0.15, 0.2) is 42.5 Å². The van der Waals surface area contributed by atoms with Crippen molar-refractivity contribution < 1.29 is 4.79 Å². The average molecular weight is 309 g/mol. The third kappa shape index (κ3) is 2.72. The summed E-state index contributed by atoms with van der Waals surface area (Å²) in [4.78, 5) is 12.2. The number of carbonyl (C=O) groups excluding carboxylic acids is 1. The highest BCUT2D eigenvalue weighted by Gasteiger charge is 2.27. The van der Waals surface area contributed by atoms with E-state index >= 15 is 0 Å². The first-order valence-corrected chi connectivity index (χ1v) is 8.21. The van der Waals surface area contributed by atoms with Crippen molar-refractivity contribution >= 4 is 33.1 Å². The Balaban J connectivity index is 1.50. The smallest absolute Gasteiger partial charge is 0.230 e. The number of anilines is 1. The predicted octanol–water partition coefficient (Wildman–Crippen LogP) is 3.75. The number of aromatic nitrogens is 2. The van der Waals surface area contributed by atoms with Crippen molar-refractivity contribution in [2.24, 2.45) is 0 Å². The first-order valence-electron chi connectivity index (χ1n) is 7.39. The van der Waals surface area contributed by atoms with Gasteiger partial charge in [0.25, 0.3) is 0 Å². The molecule has 2 aromatic carbocycles. The number of nitrogens with zero attached hydrogens (tertiary/aromatic N) is 2. The fraction of sp³-hybridized carbons (Fsp3) is 0.235. The molecule has 1 fully saturated rings. The normalized spacial score (nSPS) is 14.2. The maximum absolute atomic E-state index is 12.2. The van der Waals surface area contributed by atoms with Crippen LogP contribution in [0, 0.1) is 0 Å². The van der Waals surface area contributed by atoms with Crippen LogP contribution < -0.4 is 5.32 Å². The van der Waals surface area contributed by atoms with Crippen LogP contribution in [0.5, 0.6) is 0 Å². The zero-order valence-electron chi connectivity index (χ0n) is 12.0. The van der Waals surface area contributed by atoms with Crippen molar-refractivity contribution in [2.45, 2.75) is 25.2 Å². The largest absolute Gasteiger partial charge is 0.300 e. The molecule has 0 aliphatic heterocycles. The molecule has 4 nitrogen and oxygen atoms in total. The quantitative estimate of drug-likeness (QED) is 0.798. The molecule has 1 N–H and O–H groups in total. The van der Waals surface area contributed by atoms with Crippen molar-refractivity contribution in [1.29, 1.82) is 0 Å². The Labute approximate surface area is 132 Å². The van der Waals surface area contributed by atoms with Crippen LogP contribution >= 0.6 is 11.3 Å². The van der Waals surface area contributed by atoms with Crippen LogP contribution in [0.2, 0.25) is 0 Å². The molecule has 3 aromatic rings. The summed E-state index contributed by atoms with van der Waals surface area (Å²) >= 11 is 1.49. The van der Waals surface area contributed by atoms with E-state index < -0.39 is 0 Å². The molecule has 4 rings (SSSR count). The van der Waals surface area contributed by atoms with Crippen molar-refractivity contribution in [3.8, 4) is 0 Å². The lowest BCUT2D eigenvalue weighted by atomic mass is 10.0. The zero-order chi connectivity index (χ0) is 14.9. The Morgan fingerprint density at radius 3 is 2.82 bits per heavy atom. The predicted molar refractivity (Wildman–Crippen MR) is 88.2 cm³/mol. The minimum atomic E-state index is -0.0464. The molecule has 0 atom stereocenters. The molecule has 1 amide bonds. The maximum Gasteiger partial charge on any atom is 0.230 e. The third-order valence-electron chi connectivity index (χ3n) is 3.84. The molecule has 0 bridgehead atoms. The van der Waals surface area contributed by atoms with E-state index in [4.69, 9.17) is 0 Å². The van der Waals surface area contributed by atoms with Gasteiger partial charge in [-0.1, -0.05) is 53.8 Å². The summed E-state index contributed by atoms with van der Waals surface area (Å²) in [5, 5.41) is 15.0. The topological polar surface area (TPSA) is 54.9 Å². The molecule has 1 heterocycles. The highest BCUT2D eigenvalue weighted by atomic mass is 32.1. The number of fused-ring (bicyclic) bond motifs is 1. The lowest BCUT2D eigenvalue weighted by molar-refractivity contribution is -0.115. The van der Waals surface area contributed by atoms with Crippen molar-refractivity contribution in [3.63, 3.8) is 0 Å². The Bertz CT molecular complexity index is 833. The SMILES string of the molecule is O=C(Cc1cccc2ccccc12)Nc1nnc(C2CC2)s1. The molecule has 0 saturated heterocycles. The molecular weight excluding hydrogens is 294 g/mol. The second-order valence-electron chi connectivity index (χ2n) is 5.58. The van der Waals surface area contributed by atoms with Gasteiger partial charge in [0.1, 0.15) is 5.01 Å². The standard InChI is InChI=1S/C17H15N3OS/c21-15(18-17-20-19-16(22-17)12-8-9-12)10-13-6-3-5-11-4-1-2-7-14(11)13/h1-7,12H,8-10H2,(H,18,20,21). The van der Waals surface area contributed by atoms with Crippen molar-refractivity contribution in [1.82, 2.24) is 10.2 Å². The lowest BCUT2D eigenvalue weighted by Crippen LogP contribution is -2.14. The highest BCUT2D eigenvalue weighted by Crippen LogP contribution is 2.42. The van der Waals surface area contributed by atoms with Gasteiger partial charge in [0.05, 0.1) is 6.42 Å². The van der Waals surface area contributed by atoms with Crippen LogP contribution in [0.3, 0.4) is 0 Å². The van der Waals surface area contributed by atoms with Crippen LogP contribution in [0.4, 0.5) is 5.13 Å². The number of hydrogen-bond donors (Lipinski definition) is 1. The molecule has 0 unspecified atom stereocenters. The second-order valence-corrected chi connectivity index (χ2v) is 6.59. The van der Waals surface area contributed by atoms with Crippen LogP contribution in [-0.4, -0.2) is 16.1 Å². The molecule has 1 aliphatic carbocycles. The Morgan fingerprint density at radius 1 is 1.14 bits per heavy atom. The maximum atomic E-state index is 12.2. The molecule has 0 radical (unpaired) electrons. The fourth-order valence-corrected chi connectivity index (χ4v) is 3.49. The van der Waals surface area contributed by atoms with E-state index in [1.165, 1.54) is 24.2 Å². The summed E-state index contributed by atoms with van der Waals surface area (Å²) in [5.41, 5.74) is 1.03. The molecule has 5 heteroatoms. The van der Waals surface area contributed by atoms with Gasteiger partial charge in [0.15, 0.2) is 0 Å². The van der Waals surface area contributed by atoms with E-state index in [1.807, 2.05) is 30.3 Å². The number of carbonyl (C=O) groups is 1. The third-order valence-corrected chi connectivity index (χ3v) is 4.85. The van der Waals surface area contributed by atoms with Crippen LogP contribution in [0.25, 0.3) is 10.8 Å². The Morgan fingerprint density at radius 2 is 1.95 bits per heavy atom. The highest BCUT2D eigenvalue weighted by molar-refractivity contribution is 7.15. The summed E-state index contributed by atoms with van der Waals surface area (Å²) in [7, 11) is 0. The van der Waals surface area contributed by atoms with Crippen LogP contribution in [0.1, 0.15) is 29.3 Å². The first-order chi connectivity index (χ1) is 10.8. The number of benzene rings is 2. The number of rotatable bonds is 4. The second kappa shape index (κ2) is 5.50. The minimum absolute atomic E-state index is 0.0464. The van der Waals surface area contributed by atoms with Gasteiger partial charge in [-0.15, -0.1) is 10.2 Å². The van der Waals surface area contributed by atoms with Gasteiger partial charge in [-0.05, 0) is 29.2 Å². The minimum Gasteiger partial charge on any atom is -0.300 e. The average Bonchev–Trinajstić information content (AvgIpc) is 3.28. The zero-order valence-corrected chi connectivity index (χ0v) is 12.8. The molecule has 1 aromatic heterocycles. The molecule has 22 heavy (non-hydrogen) atoms. The van der Waals surface area contributed by atoms with Crippen molar-refractivity contribution in [2.75, 3.05) is 5.32 Å². The van der Waals surface area contributed by atoms with E-state index in [9.17, 15) is 4.79 Å². The summed E-state index contributed by atoms with van der Waals surface area (Å²) < 4.78 is 0. The van der Waals surface area contributed by atoms with E-state index in [-0.39, 0.29) is 5.91 Å². The monoisotopic (exact) mass is 309 g/mol. The van der Waals surface area contributed by atoms with Crippen LogP contribution in [-0.2, 0) is 11.2 Å². The van der Waals surface area contributed by atoms with Gasteiger partial charge in [0, 0.05) is 5.92 Å². The van der Waals surface area contributed by atoms with Gasteiger partial charge in [0.2, 0.25) is 11.0 Å². The van der Waals surface area contributed by atoms with Gasteiger partial charge in [-0.2, -0.15) is 0 Å².